The van der Waals surface area contributed by atoms with Crippen LogP contribution in [0, 0.1) is 6.92 Å². The molecule has 1 heterocycles. The maximum Gasteiger partial charge on any atom is 0.0696 e. The van der Waals surface area contributed by atoms with E-state index in [-0.39, 0.29) is 0 Å². The van der Waals surface area contributed by atoms with Crippen molar-refractivity contribution in [3.05, 3.63) is 40.7 Å². The summed E-state index contributed by atoms with van der Waals surface area (Å²) in [5, 5.41) is 0. The van der Waals surface area contributed by atoms with E-state index in [9.17, 15) is 0 Å². The number of rotatable bonds is 3. The Morgan fingerprint density at radius 3 is 1.88 bits per heavy atom. The van der Waals surface area contributed by atoms with Crippen molar-refractivity contribution in [2.75, 3.05) is 5.84 Å². The smallest absolute Gasteiger partial charge is 0.0696 e. The van der Waals surface area contributed by atoms with Crippen molar-refractivity contribution in [1.82, 2.24) is 4.68 Å². The average molecular weight is 216 g/mol. The van der Waals surface area contributed by atoms with Gasteiger partial charge in [-0.3, -0.25) is 4.68 Å². The molecule has 0 aliphatic rings. The molecular weight excluding hydrogens is 196 g/mol. The Morgan fingerprint density at radius 1 is 0.875 bits per heavy atom. The second-order valence-corrected chi connectivity index (χ2v) is 3.67. The average Bonchev–Trinajstić information content (AvgIpc) is 2.48. The molecule has 0 radical (unpaired) electrons. The third-order valence-electron chi connectivity index (χ3n) is 2.57. The molecule has 0 aromatic carbocycles. The summed E-state index contributed by atoms with van der Waals surface area (Å²) in [5.74, 6) is 6.05. The summed E-state index contributed by atoms with van der Waals surface area (Å²) in [6, 6.07) is 0. The van der Waals surface area contributed by atoms with Gasteiger partial charge in [0.1, 0.15) is 0 Å². The summed E-state index contributed by atoms with van der Waals surface area (Å²) in [4.78, 5) is 0. The second kappa shape index (κ2) is 5.40. The van der Waals surface area contributed by atoms with Gasteiger partial charge >= 0.3 is 0 Å². The maximum atomic E-state index is 6.05. The topological polar surface area (TPSA) is 30.9 Å². The van der Waals surface area contributed by atoms with Crippen LogP contribution in [0.25, 0.3) is 18.2 Å². The van der Waals surface area contributed by atoms with Gasteiger partial charge in [0.05, 0.1) is 5.69 Å². The predicted octanol–water partition coefficient (Wildman–Crippen LogP) is 3.61. The second-order valence-electron chi connectivity index (χ2n) is 3.67. The van der Waals surface area contributed by atoms with Crippen LogP contribution in [0.15, 0.2) is 18.2 Å². The molecule has 0 fully saturated rings. The van der Waals surface area contributed by atoms with Crippen molar-refractivity contribution in [2.45, 2.75) is 27.7 Å². The zero-order valence-corrected chi connectivity index (χ0v) is 10.5. The van der Waals surface area contributed by atoms with Crippen LogP contribution in [0.2, 0.25) is 0 Å². The predicted molar refractivity (Wildman–Crippen MR) is 73.4 cm³/mol. The summed E-state index contributed by atoms with van der Waals surface area (Å²) in [6.45, 7) is 8.07. The maximum absolute atomic E-state index is 6.05. The normalized spacial score (nSPS) is 12.5. The zero-order chi connectivity index (χ0) is 12.1. The molecule has 0 amide bonds. The first-order chi connectivity index (χ1) is 7.67. The standard InChI is InChI=1S/C14H20N2/c1-5-8-12-11(4)16(15)14(10-7-3)13(12)9-6-2/h5-10H,15H2,1-4H3/b8-5-,9-6-,10-7-. The highest BCUT2D eigenvalue weighted by molar-refractivity contribution is 5.75. The van der Waals surface area contributed by atoms with E-state index in [2.05, 4.69) is 12.2 Å². The van der Waals surface area contributed by atoms with Crippen LogP contribution in [-0.4, -0.2) is 4.68 Å². The number of aromatic nitrogens is 1. The van der Waals surface area contributed by atoms with E-state index in [1.165, 1.54) is 11.1 Å². The first kappa shape index (κ1) is 12.4. The molecule has 16 heavy (non-hydrogen) atoms. The molecule has 0 unspecified atom stereocenters. The Hall–Kier alpha value is -1.70. The van der Waals surface area contributed by atoms with Crippen molar-refractivity contribution in [3.63, 3.8) is 0 Å². The Balaban J connectivity index is 3.54. The molecule has 0 saturated carbocycles. The fourth-order valence-corrected chi connectivity index (χ4v) is 1.82. The van der Waals surface area contributed by atoms with E-state index in [0.717, 1.165) is 11.4 Å². The number of allylic oxidation sites excluding steroid dienone is 3. The van der Waals surface area contributed by atoms with Crippen LogP contribution in [0.1, 0.15) is 43.3 Å². The lowest BCUT2D eigenvalue weighted by Crippen LogP contribution is -2.11. The number of nitrogen functional groups attached to an aromatic ring is 1. The fraction of sp³-hybridized carbons (Fsp3) is 0.286. The number of nitrogens with zero attached hydrogens (tertiary/aromatic N) is 1. The van der Waals surface area contributed by atoms with Crippen LogP contribution < -0.4 is 5.84 Å². The van der Waals surface area contributed by atoms with Crippen LogP contribution in [-0.2, 0) is 0 Å². The van der Waals surface area contributed by atoms with E-state index in [1.54, 1.807) is 4.68 Å². The molecule has 0 atom stereocenters. The van der Waals surface area contributed by atoms with Crippen molar-refractivity contribution in [3.8, 4) is 0 Å². The fourth-order valence-electron chi connectivity index (χ4n) is 1.82. The van der Waals surface area contributed by atoms with Crippen molar-refractivity contribution >= 4 is 18.2 Å². The SMILES string of the molecule is C/C=C\c1c(/C=C\C)c(/C=C\C)n(N)c1C. The van der Waals surface area contributed by atoms with E-state index in [4.69, 9.17) is 5.84 Å². The van der Waals surface area contributed by atoms with Crippen LogP contribution in [0.3, 0.4) is 0 Å². The third-order valence-corrected chi connectivity index (χ3v) is 2.57. The van der Waals surface area contributed by atoms with Gasteiger partial charge in [-0.2, -0.15) is 0 Å². The van der Waals surface area contributed by atoms with Gasteiger partial charge in [-0.05, 0) is 33.8 Å². The Labute approximate surface area is 97.7 Å². The van der Waals surface area contributed by atoms with Gasteiger partial charge in [0.2, 0.25) is 0 Å². The summed E-state index contributed by atoms with van der Waals surface area (Å²) >= 11 is 0. The molecule has 0 bridgehead atoms. The Morgan fingerprint density at radius 2 is 1.38 bits per heavy atom. The van der Waals surface area contributed by atoms with Gasteiger partial charge in [0.15, 0.2) is 0 Å². The van der Waals surface area contributed by atoms with Gasteiger partial charge < -0.3 is 5.84 Å². The molecule has 2 N–H and O–H groups in total. The summed E-state index contributed by atoms with van der Waals surface area (Å²) in [6.07, 6.45) is 12.3. The van der Waals surface area contributed by atoms with Gasteiger partial charge in [0, 0.05) is 16.8 Å². The van der Waals surface area contributed by atoms with Gasteiger partial charge in [-0.25, -0.2) is 0 Å². The molecule has 2 heteroatoms. The highest BCUT2D eigenvalue weighted by Gasteiger charge is 2.12. The first-order valence-corrected chi connectivity index (χ1v) is 5.55. The van der Waals surface area contributed by atoms with E-state index >= 15 is 0 Å². The highest BCUT2D eigenvalue weighted by atomic mass is 15.3. The number of nitrogens with two attached hydrogens (primary N) is 1. The Kier molecular flexibility index (Phi) is 4.18. The van der Waals surface area contributed by atoms with Crippen LogP contribution >= 0.6 is 0 Å². The van der Waals surface area contributed by atoms with E-state index in [0.29, 0.717) is 0 Å². The molecule has 0 spiro atoms. The number of hydrogen-bond donors (Lipinski definition) is 1. The van der Waals surface area contributed by atoms with Gasteiger partial charge in [-0.1, -0.05) is 30.4 Å². The molecule has 0 aliphatic carbocycles. The molecule has 1 aromatic rings. The Bertz CT molecular complexity index is 410. The van der Waals surface area contributed by atoms with Crippen molar-refractivity contribution < 1.29 is 0 Å². The molecule has 0 aliphatic heterocycles. The molecule has 2 nitrogen and oxygen atoms in total. The molecular formula is C14H20N2. The lowest BCUT2D eigenvalue weighted by molar-refractivity contribution is 0.946. The van der Waals surface area contributed by atoms with Crippen LogP contribution in [0.4, 0.5) is 0 Å². The largest absolute Gasteiger partial charge is 0.339 e. The quantitative estimate of drug-likeness (QED) is 0.769. The lowest BCUT2D eigenvalue weighted by atomic mass is 10.1. The molecule has 1 rings (SSSR count). The zero-order valence-electron chi connectivity index (χ0n) is 10.5. The van der Waals surface area contributed by atoms with E-state index in [1.807, 2.05) is 52.0 Å². The lowest BCUT2D eigenvalue weighted by Gasteiger charge is -2.00. The van der Waals surface area contributed by atoms with Gasteiger partial charge in [-0.15, -0.1) is 0 Å². The van der Waals surface area contributed by atoms with Crippen molar-refractivity contribution in [2.24, 2.45) is 0 Å². The molecule has 86 valence electrons. The minimum Gasteiger partial charge on any atom is -0.339 e. The van der Waals surface area contributed by atoms with Crippen LogP contribution in [0.5, 0.6) is 0 Å². The van der Waals surface area contributed by atoms with Gasteiger partial charge in [0.25, 0.3) is 0 Å². The first-order valence-electron chi connectivity index (χ1n) is 5.55. The summed E-state index contributed by atoms with van der Waals surface area (Å²) < 4.78 is 1.74. The minimum atomic E-state index is 1.05. The summed E-state index contributed by atoms with van der Waals surface area (Å²) in [7, 11) is 0. The van der Waals surface area contributed by atoms with Crippen molar-refractivity contribution in [1.29, 1.82) is 0 Å². The minimum absolute atomic E-state index is 1.05. The number of hydrogen-bond acceptors (Lipinski definition) is 1. The molecule has 1 aromatic heterocycles. The summed E-state index contributed by atoms with van der Waals surface area (Å²) in [5.41, 5.74) is 4.50. The van der Waals surface area contributed by atoms with E-state index < -0.39 is 0 Å². The third kappa shape index (κ3) is 2.11. The monoisotopic (exact) mass is 216 g/mol. The molecule has 0 saturated heterocycles. The highest BCUT2D eigenvalue weighted by Crippen LogP contribution is 2.25.